The lowest BCUT2D eigenvalue weighted by Gasteiger charge is -2.33. The second-order valence-electron chi connectivity index (χ2n) is 9.72. The first-order valence-corrected chi connectivity index (χ1v) is 13.5. The highest BCUT2D eigenvalue weighted by Crippen LogP contribution is 2.31. The third-order valence-corrected chi connectivity index (χ3v) is 7.50. The highest BCUT2D eigenvalue weighted by molar-refractivity contribution is 6.33. The minimum atomic E-state index is -0.507. The van der Waals surface area contributed by atoms with E-state index in [9.17, 15) is 9.59 Å². The van der Waals surface area contributed by atoms with Gasteiger partial charge in [0.05, 0.1) is 33.2 Å². The predicted octanol–water partition coefficient (Wildman–Crippen LogP) is 7.45. The molecule has 0 saturated carbocycles. The van der Waals surface area contributed by atoms with Gasteiger partial charge in [-0.1, -0.05) is 79.2 Å². The normalized spacial score (nSPS) is 11.9. The van der Waals surface area contributed by atoms with Crippen LogP contribution < -0.4 is 5.56 Å². The van der Waals surface area contributed by atoms with Crippen molar-refractivity contribution in [2.75, 3.05) is 0 Å². The Labute approximate surface area is 233 Å². The number of para-hydroxylation sites is 1. The largest absolute Gasteiger partial charge is 0.324 e. The number of carbonyl (C=O) groups excluding carboxylic acids is 1. The monoisotopic (exact) mass is 535 g/mol. The van der Waals surface area contributed by atoms with Crippen LogP contribution in [0.5, 0.6) is 0 Å². The Kier molecular flexibility index (Phi) is 7.62. The minimum absolute atomic E-state index is 0.165. The number of aromatic nitrogens is 2. The minimum Gasteiger partial charge on any atom is -0.324 e. The molecule has 0 saturated heterocycles. The van der Waals surface area contributed by atoms with Crippen molar-refractivity contribution in [3.63, 3.8) is 0 Å². The molecule has 5 nitrogen and oxygen atoms in total. The van der Waals surface area contributed by atoms with Crippen LogP contribution in [0.4, 0.5) is 0 Å². The first-order chi connectivity index (χ1) is 18.9. The molecule has 5 aromatic rings. The molecule has 0 bridgehead atoms. The average Bonchev–Trinajstić information content (AvgIpc) is 2.95. The average molecular weight is 536 g/mol. The number of carbonyl (C=O) groups is 1. The number of amides is 1. The molecule has 1 amide bonds. The molecule has 0 radical (unpaired) electrons. The first-order valence-electron chi connectivity index (χ1n) is 13.1. The molecule has 0 fully saturated rings. The molecular weight excluding hydrogens is 506 g/mol. The predicted molar refractivity (Wildman–Crippen MR) is 158 cm³/mol. The molecular formula is C33H30ClN3O2. The van der Waals surface area contributed by atoms with Gasteiger partial charge in [-0.25, -0.2) is 4.98 Å². The summed E-state index contributed by atoms with van der Waals surface area (Å²) in [4.78, 5) is 35.0. The molecule has 6 heteroatoms. The van der Waals surface area contributed by atoms with Crippen molar-refractivity contribution in [3.8, 4) is 5.69 Å². The van der Waals surface area contributed by atoms with E-state index in [-0.39, 0.29) is 11.5 Å². The van der Waals surface area contributed by atoms with E-state index in [0.29, 0.717) is 40.3 Å². The van der Waals surface area contributed by atoms with E-state index in [4.69, 9.17) is 16.6 Å². The topological polar surface area (TPSA) is 55.2 Å². The van der Waals surface area contributed by atoms with Gasteiger partial charge < -0.3 is 4.90 Å². The summed E-state index contributed by atoms with van der Waals surface area (Å²) in [6.45, 7) is 6.41. The highest BCUT2D eigenvalue weighted by Gasteiger charge is 2.31. The van der Waals surface area contributed by atoms with Gasteiger partial charge in [0.25, 0.3) is 11.5 Å². The van der Waals surface area contributed by atoms with Gasteiger partial charge in [-0.3, -0.25) is 14.2 Å². The van der Waals surface area contributed by atoms with E-state index < -0.39 is 6.04 Å². The molecule has 1 heterocycles. The van der Waals surface area contributed by atoms with Crippen molar-refractivity contribution in [2.24, 2.45) is 0 Å². The van der Waals surface area contributed by atoms with Crippen molar-refractivity contribution in [1.82, 2.24) is 14.5 Å². The lowest BCUT2D eigenvalue weighted by atomic mass is 10.1. The second kappa shape index (κ2) is 11.3. The van der Waals surface area contributed by atoms with E-state index in [1.54, 1.807) is 39.8 Å². The molecule has 1 atom stereocenters. The fourth-order valence-corrected chi connectivity index (χ4v) is 5.14. The summed E-state index contributed by atoms with van der Waals surface area (Å²) in [6.07, 6.45) is 0.540. The highest BCUT2D eigenvalue weighted by atomic mass is 35.5. The Morgan fingerprint density at radius 3 is 2.31 bits per heavy atom. The van der Waals surface area contributed by atoms with Gasteiger partial charge in [-0.15, -0.1) is 0 Å². The number of aryl methyl sites for hydroxylation is 2. The van der Waals surface area contributed by atoms with Gasteiger partial charge >= 0.3 is 0 Å². The Morgan fingerprint density at radius 1 is 0.897 bits per heavy atom. The number of hydrogen-bond donors (Lipinski definition) is 0. The van der Waals surface area contributed by atoms with Crippen molar-refractivity contribution < 1.29 is 4.79 Å². The Hall–Kier alpha value is -4.22. The number of halogens is 1. The molecule has 0 aliphatic heterocycles. The molecule has 0 aliphatic rings. The fraction of sp³-hybridized carbons (Fsp3) is 0.182. The zero-order valence-corrected chi connectivity index (χ0v) is 23.0. The van der Waals surface area contributed by atoms with E-state index in [0.717, 1.165) is 22.4 Å². The van der Waals surface area contributed by atoms with E-state index in [1.165, 1.54) is 0 Å². The molecule has 196 valence electrons. The van der Waals surface area contributed by atoms with Crippen molar-refractivity contribution in [1.29, 1.82) is 0 Å². The molecule has 0 N–H and O–H groups in total. The van der Waals surface area contributed by atoms with Gasteiger partial charge in [0.2, 0.25) is 0 Å². The Balaban J connectivity index is 1.76. The van der Waals surface area contributed by atoms with Gasteiger partial charge in [-0.05, 0) is 73.4 Å². The Bertz CT molecular complexity index is 1710. The van der Waals surface area contributed by atoms with Crippen LogP contribution >= 0.6 is 11.6 Å². The quantitative estimate of drug-likeness (QED) is 0.217. The standard InChI is InChI=1S/C33H30ClN3O2/c1-4-30(36(21-24-12-6-5-7-13-24)32(38)26-14-8-10-16-28(26)34)31-35-29-17-11-9-15-27(29)33(39)37(31)25-19-18-22(2)23(3)20-25/h5-20,30H,4,21H2,1-3H3. The molecule has 1 unspecified atom stereocenters. The SMILES string of the molecule is CCC(c1nc2ccccc2c(=O)n1-c1ccc(C)c(C)c1)N(Cc1ccccc1)C(=O)c1ccccc1Cl. The number of rotatable bonds is 7. The number of fused-ring (bicyclic) bond motifs is 1. The number of nitrogens with zero attached hydrogens (tertiary/aromatic N) is 3. The van der Waals surface area contributed by atoms with Crippen LogP contribution in [0.1, 0.15) is 52.3 Å². The molecule has 4 aromatic carbocycles. The van der Waals surface area contributed by atoms with Gasteiger partial charge in [0, 0.05) is 6.54 Å². The van der Waals surface area contributed by atoms with E-state index in [2.05, 4.69) is 0 Å². The fourth-order valence-electron chi connectivity index (χ4n) is 4.92. The van der Waals surface area contributed by atoms with E-state index in [1.807, 2.05) is 87.5 Å². The summed E-state index contributed by atoms with van der Waals surface area (Å²) in [5.74, 6) is 0.297. The maximum Gasteiger partial charge on any atom is 0.266 e. The van der Waals surface area contributed by atoms with Crippen molar-refractivity contribution in [2.45, 2.75) is 39.8 Å². The van der Waals surface area contributed by atoms with Crippen LogP contribution in [-0.2, 0) is 6.54 Å². The molecule has 39 heavy (non-hydrogen) atoms. The lowest BCUT2D eigenvalue weighted by molar-refractivity contribution is 0.0641. The zero-order chi connectivity index (χ0) is 27.5. The summed E-state index contributed by atoms with van der Waals surface area (Å²) >= 11 is 6.50. The number of benzene rings is 4. The van der Waals surface area contributed by atoms with Gasteiger partial charge in [0.1, 0.15) is 5.82 Å². The third kappa shape index (κ3) is 5.23. The molecule has 0 spiro atoms. The number of hydrogen-bond acceptors (Lipinski definition) is 3. The van der Waals surface area contributed by atoms with Gasteiger partial charge in [-0.2, -0.15) is 0 Å². The summed E-state index contributed by atoms with van der Waals surface area (Å²) < 4.78 is 1.67. The zero-order valence-electron chi connectivity index (χ0n) is 22.3. The van der Waals surface area contributed by atoms with Crippen LogP contribution in [0.15, 0.2) is 102 Å². The first kappa shape index (κ1) is 26.4. The Morgan fingerprint density at radius 2 is 1.59 bits per heavy atom. The van der Waals surface area contributed by atoms with Crippen LogP contribution in [0.3, 0.4) is 0 Å². The maximum atomic E-state index is 14.2. The van der Waals surface area contributed by atoms with Crippen LogP contribution in [0.25, 0.3) is 16.6 Å². The molecule has 0 aliphatic carbocycles. The van der Waals surface area contributed by atoms with Gasteiger partial charge in [0.15, 0.2) is 0 Å². The van der Waals surface area contributed by atoms with Crippen molar-refractivity contribution >= 4 is 28.4 Å². The summed E-state index contributed by atoms with van der Waals surface area (Å²) in [5, 5.41) is 0.912. The summed E-state index contributed by atoms with van der Waals surface area (Å²) in [5.41, 5.74) is 4.74. The third-order valence-electron chi connectivity index (χ3n) is 7.17. The lowest BCUT2D eigenvalue weighted by Crippen LogP contribution is -2.38. The molecule has 5 rings (SSSR count). The van der Waals surface area contributed by atoms with E-state index >= 15 is 0 Å². The maximum absolute atomic E-state index is 14.2. The smallest absolute Gasteiger partial charge is 0.266 e. The van der Waals surface area contributed by atoms with Crippen LogP contribution in [0, 0.1) is 13.8 Å². The summed E-state index contributed by atoms with van der Waals surface area (Å²) in [6, 6.07) is 29.7. The summed E-state index contributed by atoms with van der Waals surface area (Å²) in [7, 11) is 0. The molecule has 1 aromatic heterocycles. The van der Waals surface area contributed by atoms with Crippen LogP contribution in [-0.4, -0.2) is 20.4 Å². The second-order valence-corrected chi connectivity index (χ2v) is 10.1. The van der Waals surface area contributed by atoms with Crippen molar-refractivity contribution in [3.05, 3.63) is 141 Å². The van der Waals surface area contributed by atoms with Crippen LogP contribution in [0.2, 0.25) is 5.02 Å².